The normalized spacial score (nSPS) is 36.2. The Bertz CT molecular complexity index is 1230. The zero-order chi connectivity index (χ0) is 28.5. The van der Waals surface area contributed by atoms with Crippen molar-refractivity contribution in [2.24, 2.45) is 33.7 Å². The predicted octanol–water partition coefficient (Wildman–Crippen LogP) is 4.59. The van der Waals surface area contributed by atoms with Crippen LogP contribution in [-0.4, -0.2) is 48.1 Å². The molecule has 7 nitrogen and oxygen atoms in total. The molecule has 0 bridgehead atoms. The lowest BCUT2D eigenvalue weighted by molar-refractivity contribution is -0.145. The molecule has 7 atom stereocenters. The van der Waals surface area contributed by atoms with Crippen LogP contribution in [0, 0.1) is 40.9 Å². The van der Waals surface area contributed by atoms with E-state index < -0.39 is 23.5 Å². The number of fused-ring (bicyclic) bond motifs is 5. The van der Waals surface area contributed by atoms with E-state index in [1.807, 2.05) is 30.3 Å². The van der Waals surface area contributed by atoms with Crippen molar-refractivity contribution in [2.75, 3.05) is 13.7 Å². The molecule has 4 aliphatic rings. The van der Waals surface area contributed by atoms with Crippen molar-refractivity contribution in [3.05, 3.63) is 47.5 Å². The molecule has 0 spiro atoms. The number of nitrogens with one attached hydrogen (secondary N) is 1. The van der Waals surface area contributed by atoms with Crippen LogP contribution in [0.2, 0.25) is 0 Å². The lowest BCUT2D eigenvalue weighted by atomic mass is 9.46. The first-order valence-electron chi connectivity index (χ1n) is 14.6. The molecule has 0 aromatic heterocycles. The minimum atomic E-state index is -0.978. The van der Waals surface area contributed by atoms with Gasteiger partial charge in [-0.15, -0.1) is 6.42 Å². The number of terminal acetylenes is 1. The van der Waals surface area contributed by atoms with Gasteiger partial charge in [0.1, 0.15) is 11.6 Å². The van der Waals surface area contributed by atoms with E-state index in [4.69, 9.17) is 16.0 Å². The van der Waals surface area contributed by atoms with Crippen LogP contribution >= 0.6 is 0 Å². The maximum Gasteiger partial charge on any atom is 0.328 e. The van der Waals surface area contributed by atoms with Gasteiger partial charge in [0.2, 0.25) is 0 Å². The molecule has 0 saturated heterocycles. The summed E-state index contributed by atoms with van der Waals surface area (Å²) < 4.78 is 4.88. The van der Waals surface area contributed by atoms with E-state index in [1.54, 1.807) is 0 Å². The highest BCUT2D eigenvalue weighted by molar-refractivity contribution is 5.96. The number of amides is 1. The fourth-order valence-corrected chi connectivity index (χ4v) is 8.49. The molecule has 3 fully saturated rings. The zero-order valence-electron chi connectivity index (χ0n) is 23.9. The van der Waals surface area contributed by atoms with Gasteiger partial charge in [0.05, 0.1) is 12.8 Å². The van der Waals surface area contributed by atoms with Gasteiger partial charge in [-0.05, 0) is 86.2 Å². The van der Waals surface area contributed by atoms with Gasteiger partial charge in [0.15, 0.2) is 6.61 Å². The van der Waals surface area contributed by atoms with Gasteiger partial charge in [0.25, 0.3) is 5.91 Å². The molecule has 1 amide bonds. The van der Waals surface area contributed by atoms with E-state index in [0.29, 0.717) is 30.6 Å². The number of carbonyl (C=O) groups is 2. The van der Waals surface area contributed by atoms with Crippen molar-refractivity contribution in [2.45, 2.75) is 83.3 Å². The molecule has 40 heavy (non-hydrogen) atoms. The number of aliphatic hydroxyl groups is 1. The van der Waals surface area contributed by atoms with Crippen LogP contribution in [-0.2, 0) is 25.6 Å². The number of nitrogens with zero attached hydrogens (tertiary/aromatic N) is 1. The van der Waals surface area contributed by atoms with E-state index in [-0.39, 0.29) is 17.4 Å². The monoisotopic (exact) mass is 546 g/mol. The van der Waals surface area contributed by atoms with Gasteiger partial charge in [-0.3, -0.25) is 4.79 Å². The van der Waals surface area contributed by atoms with Crippen LogP contribution in [0.3, 0.4) is 0 Å². The quantitative estimate of drug-likeness (QED) is 0.296. The first kappa shape index (κ1) is 28.4. The molecule has 0 heterocycles. The van der Waals surface area contributed by atoms with E-state index in [1.165, 1.54) is 12.7 Å². The number of benzene rings is 1. The Morgan fingerprint density at radius 1 is 1.12 bits per heavy atom. The largest absolute Gasteiger partial charge is 0.467 e. The fraction of sp³-hybridized carbons (Fsp3) is 0.606. The number of rotatable bonds is 7. The Kier molecular flexibility index (Phi) is 7.85. The smallest absolute Gasteiger partial charge is 0.328 e. The molecular weight excluding hydrogens is 504 g/mol. The van der Waals surface area contributed by atoms with Gasteiger partial charge in [-0.2, -0.15) is 0 Å². The molecule has 7 heteroatoms. The van der Waals surface area contributed by atoms with E-state index in [2.05, 4.69) is 36.3 Å². The van der Waals surface area contributed by atoms with Crippen LogP contribution in [0.4, 0.5) is 0 Å². The number of esters is 1. The number of hydrogen-bond acceptors (Lipinski definition) is 6. The Labute approximate surface area is 237 Å². The van der Waals surface area contributed by atoms with Gasteiger partial charge >= 0.3 is 5.97 Å². The third-order valence-corrected chi connectivity index (χ3v) is 10.8. The topological polar surface area (TPSA) is 97.2 Å². The van der Waals surface area contributed by atoms with Crippen LogP contribution in [0.25, 0.3) is 0 Å². The average Bonchev–Trinajstić information content (AvgIpc) is 3.23. The molecule has 0 aliphatic heterocycles. The van der Waals surface area contributed by atoms with Crippen LogP contribution in [0.1, 0.15) is 70.8 Å². The maximum atomic E-state index is 12.6. The van der Waals surface area contributed by atoms with Gasteiger partial charge < -0.3 is 20.0 Å². The molecular formula is C33H42N2O5. The summed E-state index contributed by atoms with van der Waals surface area (Å²) >= 11 is 0. The van der Waals surface area contributed by atoms with Crippen LogP contribution in [0.15, 0.2) is 47.1 Å². The molecule has 5 rings (SSSR count). The summed E-state index contributed by atoms with van der Waals surface area (Å²) in [4.78, 5) is 30.3. The van der Waals surface area contributed by atoms with Crippen molar-refractivity contribution in [1.29, 1.82) is 0 Å². The number of methoxy groups -OCH3 is 1. The number of carbonyl (C=O) groups excluding carboxylic acids is 2. The third kappa shape index (κ3) is 4.96. The highest BCUT2D eigenvalue weighted by atomic mass is 16.6. The van der Waals surface area contributed by atoms with E-state index >= 15 is 0 Å². The Hall–Kier alpha value is -3.11. The molecule has 2 N–H and O–H groups in total. The summed E-state index contributed by atoms with van der Waals surface area (Å²) in [6, 6.07) is 8.69. The summed E-state index contributed by atoms with van der Waals surface area (Å²) in [6.07, 6.45) is 16.0. The van der Waals surface area contributed by atoms with Crippen LogP contribution < -0.4 is 5.32 Å². The number of allylic oxidation sites excluding steroid dienone is 2. The van der Waals surface area contributed by atoms with E-state index in [0.717, 1.165) is 56.2 Å². The second kappa shape index (κ2) is 11.0. The number of ether oxygens (including phenoxy) is 1. The Morgan fingerprint density at radius 3 is 2.60 bits per heavy atom. The minimum Gasteiger partial charge on any atom is -0.467 e. The van der Waals surface area contributed by atoms with Crippen molar-refractivity contribution < 1.29 is 24.3 Å². The standard InChI is InChI=1S/C33H42N2O5/c1-5-33(38)18-15-27-25-12-11-23-20-24(13-16-31(23,2)26(25)14-17-32(27,33)3)35-40-21-29(36)34-28(30(37)39-4)19-22-9-7-6-8-10-22/h1,6-10,20,25-28,38H,11-19,21H2,2-4H3,(H,34,36)/t25-,26-,27-,28+,31-,32+,33+/m0/s1. The number of hydrogen-bond donors (Lipinski definition) is 2. The van der Waals surface area contributed by atoms with Crippen molar-refractivity contribution in [1.82, 2.24) is 5.32 Å². The Morgan fingerprint density at radius 2 is 1.88 bits per heavy atom. The Balaban J connectivity index is 1.20. The average molecular weight is 547 g/mol. The van der Waals surface area contributed by atoms with Crippen molar-refractivity contribution in [3.63, 3.8) is 0 Å². The SMILES string of the molecule is C#C[C@@]1(O)CC[C@H]2[C@H]3CCC4=CC(=NOCC(=O)N[C@H](Cc5ccccc5)C(=O)OC)CC[C@]4(C)[C@H]3CC[C@]21C. The second-order valence-corrected chi connectivity index (χ2v) is 12.7. The summed E-state index contributed by atoms with van der Waals surface area (Å²) in [5, 5.41) is 18.2. The zero-order valence-corrected chi connectivity index (χ0v) is 23.9. The number of oxime groups is 1. The molecule has 1 aromatic carbocycles. The van der Waals surface area contributed by atoms with Crippen molar-refractivity contribution >= 4 is 17.6 Å². The first-order chi connectivity index (χ1) is 19.1. The molecule has 0 radical (unpaired) electrons. The lowest BCUT2D eigenvalue weighted by Gasteiger charge is -2.58. The van der Waals surface area contributed by atoms with Crippen molar-refractivity contribution in [3.8, 4) is 12.3 Å². The molecule has 0 unspecified atom stereocenters. The van der Waals surface area contributed by atoms with Gasteiger partial charge in [0, 0.05) is 11.8 Å². The molecule has 4 aliphatic carbocycles. The maximum absolute atomic E-state index is 12.6. The highest BCUT2D eigenvalue weighted by Gasteiger charge is 2.63. The van der Waals surface area contributed by atoms with Gasteiger partial charge in [-0.25, -0.2) is 4.79 Å². The summed E-state index contributed by atoms with van der Waals surface area (Å²) in [5.41, 5.74) is 2.15. The first-order valence-corrected chi connectivity index (χ1v) is 14.6. The molecule has 1 aromatic rings. The molecule has 3 saturated carbocycles. The third-order valence-electron chi connectivity index (χ3n) is 10.8. The predicted molar refractivity (Wildman–Crippen MR) is 153 cm³/mol. The summed E-state index contributed by atoms with van der Waals surface area (Å²) in [7, 11) is 1.31. The minimum absolute atomic E-state index is 0.114. The summed E-state index contributed by atoms with van der Waals surface area (Å²) in [5.74, 6) is 3.49. The fourth-order valence-electron chi connectivity index (χ4n) is 8.49. The lowest BCUT2D eigenvalue weighted by Crippen LogP contribution is -2.54. The van der Waals surface area contributed by atoms with E-state index in [9.17, 15) is 14.7 Å². The highest BCUT2D eigenvalue weighted by Crippen LogP contribution is 2.67. The second-order valence-electron chi connectivity index (χ2n) is 12.7. The molecule has 214 valence electrons. The summed E-state index contributed by atoms with van der Waals surface area (Å²) in [6.45, 7) is 4.36. The van der Waals surface area contributed by atoms with Crippen LogP contribution in [0.5, 0.6) is 0 Å². The van der Waals surface area contributed by atoms with Gasteiger partial charge in [-0.1, -0.05) is 60.8 Å².